The second-order valence-corrected chi connectivity index (χ2v) is 4.40. The zero-order valence-electron chi connectivity index (χ0n) is 10.7. The van der Waals surface area contributed by atoms with Crippen LogP contribution in [0.1, 0.15) is 5.69 Å². The fourth-order valence-electron chi connectivity index (χ4n) is 2.01. The van der Waals surface area contributed by atoms with E-state index in [2.05, 4.69) is 10.1 Å². The number of pyridine rings is 1. The van der Waals surface area contributed by atoms with Crippen molar-refractivity contribution >= 4 is 0 Å². The summed E-state index contributed by atoms with van der Waals surface area (Å²) >= 11 is 0. The molecule has 3 nitrogen and oxygen atoms in total. The van der Waals surface area contributed by atoms with E-state index in [4.69, 9.17) is 0 Å². The molecule has 0 aliphatic heterocycles. The lowest BCUT2D eigenvalue weighted by Crippen LogP contribution is -2.07. The molecule has 0 aliphatic rings. The minimum Gasteiger partial charge on any atom is -0.264 e. The molecule has 0 unspecified atom stereocenters. The van der Waals surface area contributed by atoms with Crippen molar-refractivity contribution in [2.45, 2.75) is 6.18 Å². The van der Waals surface area contributed by atoms with Gasteiger partial charge in [0.2, 0.25) is 0 Å². The largest absolute Gasteiger partial charge is 0.435 e. The third kappa shape index (κ3) is 2.65. The summed E-state index contributed by atoms with van der Waals surface area (Å²) < 4.78 is 40.0. The van der Waals surface area contributed by atoms with Gasteiger partial charge in [-0.05, 0) is 30.3 Å². The Hall–Kier alpha value is -2.63. The van der Waals surface area contributed by atoms with E-state index in [-0.39, 0.29) is 0 Å². The summed E-state index contributed by atoms with van der Waals surface area (Å²) in [6.45, 7) is 0. The van der Waals surface area contributed by atoms with Crippen LogP contribution in [0.5, 0.6) is 0 Å². The molecule has 0 N–H and O–H groups in total. The lowest BCUT2D eigenvalue weighted by Gasteiger charge is -2.06. The molecular formula is C15H10F3N3. The molecule has 2 heterocycles. The van der Waals surface area contributed by atoms with Gasteiger partial charge in [0.25, 0.3) is 0 Å². The lowest BCUT2D eigenvalue weighted by atomic mass is 10.2. The van der Waals surface area contributed by atoms with E-state index < -0.39 is 11.9 Å². The van der Waals surface area contributed by atoms with Crippen molar-refractivity contribution < 1.29 is 13.2 Å². The fourth-order valence-corrected chi connectivity index (χ4v) is 2.01. The van der Waals surface area contributed by atoms with Gasteiger partial charge in [-0.3, -0.25) is 4.98 Å². The number of nitrogens with zero attached hydrogens (tertiary/aromatic N) is 3. The first-order valence-corrected chi connectivity index (χ1v) is 6.19. The normalized spacial score (nSPS) is 11.6. The Morgan fingerprint density at radius 3 is 2.33 bits per heavy atom. The molecule has 0 radical (unpaired) electrons. The van der Waals surface area contributed by atoms with Gasteiger partial charge < -0.3 is 0 Å². The topological polar surface area (TPSA) is 30.7 Å². The molecule has 0 saturated carbocycles. The van der Waals surface area contributed by atoms with Crippen molar-refractivity contribution in [3.8, 4) is 16.9 Å². The summed E-state index contributed by atoms with van der Waals surface area (Å²) in [5, 5.41) is 3.69. The first-order valence-electron chi connectivity index (χ1n) is 6.19. The van der Waals surface area contributed by atoms with Crippen LogP contribution in [0.3, 0.4) is 0 Å². The SMILES string of the molecule is FC(F)(F)c1cc(-c2cccnc2)n(-c2ccccc2)n1. The van der Waals surface area contributed by atoms with Crippen molar-refractivity contribution in [1.82, 2.24) is 14.8 Å². The Kier molecular flexibility index (Phi) is 3.21. The maximum atomic E-state index is 12.9. The number of aromatic nitrogens is 3. The van der Waals surface area contributed by atoms with Gasteiger partial charge in [0.15, 0.2) is 5.69 Å². The highest BCUT2D eigenvalue weighted by Gasteiger charge is 2.35. The highest BCUT2D eigenvalue weighted by atomic mass is 19.4. The van der Waals surface area contributed by atoms with Crippen LogP contribution in [0.25, 0.3) is 16.9 Å². The maximum absolute atomic E-state index is 12.9. The molecule has 6 heteroatoms. The van der Waals surface area contributed by atoms with Crippen LogP contribution in [-0.4, -0.2) is 14.8 Å². The molecule has 0 saturated heterocycles. The maximum Gasteiger partial charge on any atom is 0.435 e. The first kappa shape index (κ1) is 13.4. The number of hydrogen-bond acceptors (Lipinski definition) is 2. The van der Waals surface area contributed by atoms with Gasteiger partial charge in [0.05, 0.1) is 11.4 Å². The number of para-hydroxylation sites is 1. The van der Waals surface area contributed by atoms with Gasteiger partial charge in [0.1, 0.15) is 0 Å². The Labute approximate surface area is 118 Å². The van der Waals surface area contributed by atoms with Gasteiger partial charge in [-0.25, -0.2) is 4.68 Å². The van der Waals surface area contributed by atoms with Crippen molar-refractivity contribution in [3.05, 3.63) is 66.6 Å². The van der Waals surface area contributed by atoms with Gasteiger partial charge in [-0.15, -0.1) is 0 Å². The molecule has 0 atom stereocenters. The standard InChI is InChI=1S/C15H10F3N3/c16-15(17,18)14-9-13(11-5-4-8-19-10-11)21(20-14)12-6-2-1-3-7-12/h1-10H. The van der Waals surface area contributed by atoms with Crippen LogP contribution in [0, 0.1) is 0 Å². The summed E-state index contributed by atoms with van der Waals surface area (Å²) in [4.78, 5) is 3.94. The van der Waals surface area contributed by atoms with Gasteiger partial charge in [0, 0.05) is 18.0 Å². The van der Waals surface area contributed by atoms with Crippen LogP contribution in [0.2, 0.25) is 0 Å². The van der Waals surface area contributed by atoms with E-state index in [1.165, 1.54) is 10.9 Å². The van der Waals surface area contributed by atoms with E-state index in [1.807, 2.05) is 0 Å². The molecule has 1 aromatic carbocycles. The van der Waals surface area contributed by atoms with Crippen molar-refractivity contribution in [3.63, 3.8) is 0 Å². The van der Waals surface area contributed by atoms with Crippen LogP contribution in [0.15, 0.2) is 60.9 Å². The monoisotopic (exact) mass is 289 g/mol. The zero-order valence-corrected chi connectivity index (χ0v) is 10.7. The second-order valence-electron chi connectivity index (χ2n) is 4.40. The molecule has 0 spiro atoms. The van der Waals surface area contributed by atoms with Crippen molar-refractivity contribution in [1.29, 1.82) is 0 Å². The minimum absolute atomic E-state index is 0.349. The van der Waals surface area contributed by atoms with E-state index in [0.717, 1.165) is 6.07 Å². The molecule has 0 aliphatic carbocycles. The highest BCUT2D eigenvalue weighted by molar-refractivity contribution is 5.61. The molecule has 106 valence electrons. The lowest BCUT2D eigenvalue weighted by molar-refractivity contribution is -0.141. The highest BCUT2D eigenvalue weighted by Crippen LogP contribution is 2.32. The molecule has 0 amide bonds. The van der Waals surface area contributed by atoms with Crippen LogP contribution in [-0.2, 0) is 6.18 Å². The molecule has 21 heavy (non-hydrogen) atoms. The van der Waals surface area contributed by atoms with E-state index in [9.17, 15) is 13.2 Å². The third-order valence-corrected chi connectivity index (χ3v) is 2.96. The minimum atomic E-state index is -4.49. The van der Waals surface area contributed by atoms with E-state index >= 15 is 0 Å². The van der Waals surface area contributed by atoms with Gasteiger partial charge >= 0.3 is 6.18 Å². The summed E-state index contributed by atoms with van der Waals surface area (Å²) in [6, 6.07) is 13.1. The van der Waals surface area contributed by atoms with Crippen LogP contribution in [0.4, 0.5) is 13.2 Å². The average Bonchev–Trinajstić information content (AvgIpc) is 2.94. The predicted molar refractivity (Wildman–Crippen MR) is 71.8 cm³/mol. The quantitative estimate of drug-likeness (QED) is 0.715. The van der Waals surface area contributed by atoms with E-state index in [1.54, 1.807) is 48.7 Å². The predicted octanol–water partition coefficient (Wildman–Crippen LogP) is 3.95. The molecule has 0 fully saturated rings. The number of alkyl halides is 3. The molecular weight excluding hydrogens is 279 g/mol. The van der Waals surface area contributed by atoms with E-state index in [0.29, 0.717) is 16.9 Å². The van der Waals surface area contributed by atoms with Crippen LogP contribution >= 0.6 is 0 Å². The van der Waals surface area contributed by atoms with Crippen LogP contribution < -0.4 is 0 Å². The van der Waals surface area contributed by atoms with Gasteiger partial charge in [-0.2, -0.15) is 18.3 Å². The second kappa shape index (κ2) is 5.05. The summed E-state index contributed by atoms with van der Waals surface area (Å²) in [6.07, 6.45) is -1.41. The Morgan fingerprint density at radius 1 is 0.952 bits per heavy atom. The number of benzene rings is 1. The van der Waals surface area contributed by atoms with Crippen molar-refractivity contribution in [2.75, 3.05) is 0 Å². The Balaban J connectivity index is 2.20. The smallest absolute Gasteiger partial charge is 0.264 e. The number of rotatable bonds is 2. The number of halogens is 3. The van der Waals surface area contributed by atoms with Crippen molar-refractivity contribution in [2.24, 2.45) is 0 Å². The summed E-state index contributed by atoms with van der Waals surface area (Å²) in [7, 11) is 0. The Morgan fingerprint density at radius 2 is 1.71 bits per heavy atom. The van der Waals surface area contributed by atoms with Gasteiger partial charge in [-0.1, -0.05) is 18.2 Å². The molecule has 3 aromatic rings. The average molecular weight is 289 g/mol. The number of hydrogen-bond donors (Lipinski definition) is 0. The zero-order chi connectivity index (χ0) is 14.9. The third-order valence-electron chi connectivity index (χ3n) is 2.96. The fraction of sp³-hybridized carbons (Fsp3) is 0.0667. The summed E-state index contributed by atoms with van der Waals surface area (Å²) in [5.41, 5.74) is 0.558. The first-order chi connectivity index (χ1) is 10.1. The molecule has 0 bridgehead atoms. The summed E-state index contributed by atoms with van der Waals surface area (Å²) in [5.74, 6) is 0. The molecule has 3 rings (SSSR count). The molecule has 2 aromatic heterocycles. The Bertz CT molecular complexity index is 677.